The lowest BCUT2D eigenvalue weighted by atomic mass is 10.1. The predicted octanol–water partition coefficient (Wildman–Crippen LogP) is 8.88. The summed E-state index contributed by atoms with van der Waals surface area (Å²) >= 11 is 1.89. The van der Waals surface area contributed by atoms with Crippen LogP contribution in [0.5, 0.6) is 11.5 Å². The summed E-state index contributed by atoms with van der Waals surface area (Å²) in [7, 11) is -2.85. The third kappa shape index (κ3) is 4.83. The number of rotatable bonds is 6. The van der Waals surface area contributed by atoms with Gasteiger partial charge in [-0.05, 0) is 87.5 Å². The molecule has 4 heterocycles. The first-order valence-electron chi connectivity index (χ1n) is 17.4. The highest BCUT2D eigenvalue weighted by atomic mass is 32.2. The Bertz CT molecular complexity index is 2700. The SMILES string of the molecule is c1ccc([Si]2(c3ccccc3)c3ccccc3Sc3ccc4c(c32)c2ccc(Oc3cccc(-c5ccccn5)c3)cc2n4-c2ccccn2)cc1. The Morgan fingerprint density at radius 3 is 1.98 bits per heavy atom. The molecular weight excluding hydrogens is 671 g/mol. The first-order chi connectivity index (χ1) is 25.8. The summed E-state index contributed by atoms with van der Waals surface area (Å²) in [5.74, 6) is 2.38. The average molecular weight is 702 g/mol. The van der Waals surface area contributed by atoms with Gasteiger partial charge in [0.15, 0.2) is 8.07 Å². The van der Waals surface area contributed by atoms with Crippen molar-refractivity contribution in [2.75, 3.05) is 0 Å². The molecule has 6 aromatic carbocycles. The van der Waals surface area contributed by atoms with E-state index < -0.39 is 8.07 Å². The van der Waals surface area contributed by atoms with Gasteiger partial charge in [0, 0.05) is 44.6 Å². The number of nitrogens with zero attached hydrogens (tertiary/aromatic N) is 3. The zero-order valence-corrected chi connectivity index (χ0v) is 29.9. The van der Waals surface area contributed by atoms with Crippen molar-refractivity contribution in [2.24, 2.45) is 0 Å². The first kappa shape index (κ1) is 30.6. The van der Waals surface area contributed by atoms with E-state index in [9.17, 15) is 0 Å². The molecule has 4 nitrogen and oxygen atoms in total. The summed E-state index contributed by atoms with van der Waals surface area (Å²) in [6.07, 6.45) is 3.68. The second-order valence-electron chi connectivity index (χ2n) is 13.0. The van der Waals surface area contributed by atoms with Gasteiger partial charge in [-0.1, -0.05) is 115 Å². The van der Waals surface area contributed by atoms with Gasteiger partial charge in [-0.3, -0.25) is 9.55 Å². The molecule has 0 atom stereocenters. The largest absolute Gasteiger partial charge is 0.457 e. The van der Waals surface area contributed by atoms with Crippen molar-refractivity contribution in [2.45, 2.75) is 9.79 Å². The van der Waals surface area contributed by atoms with Gasteiger partial charge >= 0.3 is 0 Å². The third-order valence-electron chi connectivity index (χ3n) is 10.1. The smallest absolute Gasteiger partial charge is 0.182 e. The second kappa shape index (κ2) is 12.5. The zero-order chi connectivity index (χ0) is 34.5. The molecule has 3 aromatic heterocycles. The molecule has 0 fully saturated rings. The number of pyridine rings is 2. The highest BCUT2D eigenvalue weighted by Crippen LogP contribution is 2.41. The van der Waals surface area contributed by atoms with Gasteiger partial charge in [-0.2, -0.15) is 0 Å². The Kier molecular flexibility index (Phi) is 7.37. The van der Waals surface area contributed by atoms with Gasteiger partial charge in [0.05, 0.1) is 16.7 Å². The Morgan fingerprint density at radius 1 is 0.519 bits per heavy atom. The van der Waals surface area contributed by atoms with Crippen LogP contribution in [0.25, 0.3) is 38.9 Å². The van der Waals surface area contributed by atoms with E-state index in [-0.39, 0.29) is 0 Å². The molecule has 0 bridgehead atoms. The summed E-state index contributed by atoms with van der Waals surface area (Å²) in [4.78, 5) is 12.1. The normalized spacial score (nSPS) is 13.1. The molecule has 0 N–H and O–H groups in total. The average Bonchev–Trinajstić information content (AvgIpc) is 3.55. The van der Waals surface area contributed by atoms with E-state index >= 15 is 0 Å². The maximum absolute atomic E-state index is 6.62. The topological polar surface area (TPSA) is 39.9 Å². The summed E-state index contributed by atoms with van der Waals surface area (Å²) in [6, 6.07) is 62.8. The van der Waals surface area contributed by atoms with Gasteiger partial charge in [0.2, 0.25) is 0 Å². The van der Waals surface area contributed by atoms with Crippen molar-refractivity contribution in [1.29, 1.82) is 0 Å². The molecule has 0 radical (unpaired) electrons. The van der Waals surface area contributed by atoms with Gasteiger partial charge in [-0.15, -0.1) is 0 Å². The molecular formula is C46H31N3OSSi. The summed E-state index contributed by atoms with van der Waals surface area (Å²) in [5, 5.41) is 8.02. The molecule has 52 heavy (non-hydrogen) atoms. The van der Waals surface area contributed by atoms with Crippen molar-refractivity contribution in [3.05, 3.63) is 188 Å². The third-order valence-corrected chi connectivity index (χ3v) is 16.5. The number of aromatic nitrogens is 3. The van der Waals surface area contributed by atoms with E-state index in [0.29, 0.717) is 0 Å². The minimum atomic E-state index is -2.85. The van der Waals surface area contributed by atoms with Crippen LogP contribution in [0.1, 0.15) is 0 Å². The van der Waals surface area contributed by atoms with E-state index in [1.807, 2.05) is 66.6 Å². The van der Waals surface area contributed by atoms with Crippen LogP contribution in [0, 0.1) is 0 Å². The van der Waals surface area contributed by atoms with Crippen LogP contribution in [-0.4, -0.2) is 22.6 Å². The Morgan fingerprint density at radius 2 is 1.23 bits per heavy atom. The zero-order valence-electron chi connectivity index (χ0n) is 28.1. The molecule has 0 spiro atoms. The fourth-order valence-electron chi connectivity index (χ4n) is 7.97. The lowest BCUT2D eigenvalue weighted by Crippen LogP contribution is -2.76. The fraction of sp³-hybridized carbons (Fsp3) is 0. The van der Waals surface area contributed by atoms with Crippen molar-refractivity contribution < 1.29 is 4.74 Å². The minimum Gasteiger partial charge on any atom is -0.457 e. The van der Waals surface area contributed by atoms with Gasteiger partial charge in [-0.25, -0.2) is 4.98 Å². The Balaban J connectivity index is 1.27. The van der Waals surface area contributed by atoms with Crippen molar-refractivity contribution in [1.82, 2.24) is 14.5 Å². The van der Waals surface area contributed by atoms with E-state index in [2.05, 4.69) is 143 Å². The summed E-state index contributed by atoms with van der Waals surface area (Å²) in [6.45, 7) is 0. The lowest BCUT2D eigenvalue weighted by Gasteiger charge is -2.40. The van der Waals surface area contributed by atoms with Crippen LogP contribution in [0.4, 0.5) is 0 Å². The van der Waals surface area contributed by atoms with Crippen LogP contribution in [-0.2, 0) is 0 Å². The predicted molar refractivity (Wildman–Crippen MR) is 216 cm³/mol. The van der Waals surface area contributed by atoms with Crippen LogP contribution < -0.4 is 25.5 Å². The van der Waals surface area contributed by atoms with Crippen molar-refractivity contribution >= 4 is 62.4 Å². The quantitative estimate of drug-likeness (QED) is 0.163. The molecule has 0 saturated heterocycles. The van der Waals surface area contributed by atoms with Crippen LogP contribution >= 0.6 is 11.8 Å². The van der Waals surface area contributed by atoms with Crippen LogP contribution in [0.3, 0.4) is 0 Å². The highest BCUT2D eigenvalue weighted by molar-refractivity contribution is 8.00. The number of ether oxygens (including phenoxy) is 1. The summed E-state index contributed by atoms with van der Waals surface area (Å²) < 4.78 is 8.93. The van der Waals surface area contributed by atoms with E-state index in [1.165, 1.54) is 41.3 Å². The molecule has 10 rings (SSSR count). The van der Waals surface area contributed by atoms with E-state index in [1.54, 1.807) is 0 Å². The number of benzene rings is 6. The summed E-state index contributed by atoms with van der Waals surface area (Å²) in [5.41, 5.74) is 4.10. The van der Waals surface area contributed by atoms with Crippen molar-refractivity contribution in [3.63, 3.8) is 0 Å². The molecule has 0 unspecified atom stereocenters. The van der Waals surface area contributed by atoms with Crippen LogP contribution in [0.15, 0.2) is 198 Å². The van der Waals surface area contributed by atoms with E-state index in [0.717, 1.165) is 39.6 Å². The second-order valence-corrected chi connectivity index (χ2v) is 17.7. The molecule has 0 aliphatic carbocycles. The van der Waals surface area contributed by atoms with Crippen LogP contribution in [0.2, 0.25) is 0 Å². The molecule has 9 aromatic rings. The fourth-order valence-corrected chi connectivity index (χ4v) is 15.2. The Hall–Kier alpha value is -6.21. The van der Waals surface area contributed by atoms with Gasteiger partial charge in [0.25, 0.3) is 0 Å². The molecule has 246 valence electrons. The monoisotopic (exact) mass is 701 g/mol. The highest BCUT2D eigenvalue weighted by Gasteiger charge is 2.48. The maximum Gasteiger partial charge on any atom is 0.182 e. The molecule has 0 amide bonds. The number of hydrogen-bond donors (Lipinski definition) is 0. The molecule has 6 heteroatoms. The minimum absolute atomic E-state index is 0.757. The lowest BCUT2D eigenvalue weighted by molar-refractivity contribution is 0.483. The first-order valence-corrected chi connectivity index (χ1v) is 20.2. The molecule has 0 saturated carbocycles. The number of fused-ring (bicyclic) bond motifs is 6. The van der Waals surface area contributed by atoms with Crippen molar-refractivity contribution in [3.8, 4) is 28.6 Å². The van der Waals surface area contributed by atoms with Gasteiger partial charge in [0.1, 0.15) is 17.3 Å². The van der Waals surface area contributed by atoms with E-state index in [4.69, 9.17) is 9.72 Å². The number of hydrogen-bond acceptors (Lipinski definition) is 4. The van der Waals surface area contributed by atoms with Gasteiger partial charge < -0.3 is 4.74 Å². The molecule has 1 aliphatic heterocycles. The maximum atomic E-state index is 6.62. The molecule has 1 aliphatic rings. The Labute approximate surface area is 307 Å². The standard InChI is InChI=1S/C46H31N3OSSi/c1-3-16-35(17-4-1)52(36-18-5-2-6-19-36)43-22-8-7-21-41(43)51-42-27-26-39-45(46(42)52)37-25-24-34(31-40(37)49(39)44-23-10-12-29-48-44)50-33-15-13-14-32(30-33)38-20-9-11-28-47-38/h1-31H.